The van der Waals surface area contributed by atoms with E-state index in [1.54, 1.807) is 18.3 Å². The van der Waals surface area contributed by atoms with Gasteiger partial charge >= 0.3 is 0 Å². The second-order valence-corrected chi connectivity index (χ2v) is 8.32. The molecule has 34 heavy (non-hydrogen) atoms. The number of carbonyl (C=O) groups is 1. The number of nitrogens with one attached hydrogen (secondary N) is 1. The molecule has 8 nitrogen and oxygen atoms in total. The highest BCUT2D eigenvalue weighted by molar-refractivity contribution is 5.93. The summed E-state index contributed by atoms with van der Waals surface area (Å²) >= 11 is 0. The van der Waals surface area contributed by atoms with Crippen molar-refractivity contribution in [3.8, 4) is 11.5 Å². The van der Waals surface area contributed by atoms with E-state index in [1.165, 1.54) is 19.3 Å². The van der Waals surface area contributed by atoms with Crippen LogP contribution in [0.3, 0.4) is 0 Å². The normalized spacial score (nSPS) is 16.2. The van der Waals surface area contributed by atoms with E-state index < -0.39 is 0 Å². The Hall–Kier alpha value is -4.20. The number of allylic oxidation sites excluding steroid dienone is 1. The molecule has 0 unspecified atom stereocenters. The predicted octanol–water partition coefficient (Wildman–Crippen LogP) is 4.63. The van der Waals surface area contributed by atoms with Crippen molar-refractivity contribution in [3.05, 3.63) is 72.8 Å². The van der Waals surface area contributed by atoms with Crippen molar-refractivity contribution in [1.82, 2.24) is 19.8 Å². The molecule has 1 N–H and O–H groups in total. The van der Waals surface area contributed by atoms with Gasteiger partial charge in [-0.05, 0) is 49.6 Å². The molecular formula is C26H26N6O2. The van der Waals surface area contributed by atoms with Crippen LogP contribution in [0.15, 0.2) is 72.1 Å². The number of aliphatic imine (C=N–C) groups is 1. The van der Waals surface area contributed by atoms with Crippen LogP contribution < -0.4 is 10.1 Å². The summed E-state index contributed by atoms with van der Waals surface area (Å²) in [6.07, 6.45) is 7.73. The molecule has 0 aliphatic carbocycles. The van der Waals surface area contributed by atoms with Gasteiger partial charge in [0.25, 0.3) is 0 Å². The molecule has 8 heteroatoms. The summed E-state index contributed by atoms with van der Waals surface area (Å²) in [7, 11) is 2.02. The summed E-state index contributed by atoms with van der Waals surface area (Å²) in [5.74, 6) is 2.63. The van der Waals surface area contributed by atoms with Crippen LogP contribution in [0.25, 0.3) is 16.5 Å². The molecule has 0 saturated carbocycles. The van der Waals surface area contributed by atoms with Crippen LogP contribution in [0.4, 0.5) is 5.82 Å². The molecule has 4 heterocycles. The van der Waals surface area contributed by atoms with E-state index in [-0.39, 0.29) is 0 Å². The average molecular weight is 455 g/mol. The molecular weight excluding hydrogens is 428 g/mol. The van der Waals surface area contributed by atoms with Crippen LogP contribution in [0.5, 0.6) is 11.5 Å². The van der Waals surface area contributed by atoms with Gasteiger partial charge in [-0.2, -0.15) is 0 Å². The lowest BCUT2D eigenvalue weighted by Gasteiger charge is -2.37. The number of likely N-dealkylation sites (tertiary alicyclic amines) is 1. The summed E-state index contributed by atoms with van der Waals surface area (Å²) in [5, 5.41) is 3.47. The maximum Gasteiger partial charge on any atom is 0.212 e. The van der Waals surface area contributed by atoms with Gasteiger partial charge < -0.3 is 19.9 Å². The fraction of sp³-hybridized carbons (Fsp3) is 0.231. The first-order valence-corrected chi connectivity index (χ1v) is 11.3. The highest BCUT2D eigenvalue weighted by atomic mass is 16.5. The second-order valence-electron chi connectivity index (χ2n) is 8.32. The molecule has 1 saturated heterocycles. The quantitative estimate of drug-likeness (QED) is 0.566. The van der Waals surface area contributed by atoms with Crippen LogP contribution >= 0.6 is 0 Å². The Morgan fingerprint density at radius 3 is 2.71 bits per heavy atom. The molecule has 2 aliphatic heterocycles. The lowest BCUT2D eigenvalue weighted by atomic mass is 10.1. The minimum absolute atomic E-state index is 0.427. The number of benzene rings is 1. The van der Waals surface area contributed by atoms with Crippen molar-refractivity contribution in [1.29, 1.82) is 0 Å². The number of pyridine rings is 2. The Morgan fingerprint density at radius 1 is 1.06 bits per heavy atom. The first kappa shape index (κ1) is 21.6. The number of amides is 1. The van der Waals surface area contributed by atoms with E-state index >= 15 is 0 Å². The van der Waals surface area contributed by atoms with E-state index in [4.69, 9.17) is 14.7 Å². The Labute approximate surface area is 198 Å². The van der Waals surface area contributed by atoms with Crippen LogP contribution in [0.2, 0.25) is 0 Å². The van der Waals surface area contributed by atoms with Crippen LogP contribution in [0.1, 0.15) is 25.0 Å². The smallest absolute Gasteiger partial charge is 0.212 e. The van der Waals surface area contributed by atoms with Gasteiger partial charge in [0.15, 0.2) is 0 Å². The Kier molecular flexibility index (Phi) is 5.95. The molecule has 1 fully saturated rings. The monoisotopic (exact) mass is 454 g/mol. The maximum atomic E-state index is 10.6. The molecule has 1 aromatic carbocycles. The Morgan fingerprint density at radius 2 is 1.88 bits per heavy atom. The van der Waals surface area contributed by atoms with E-state index in [0.29, 0.717) is 23.7 Å². The van der Waals surface area contributed by atoms with Gasteiger partial charge in [0, 0.05) is 55.3 Å². The van der Waals surface area contributed by atoms with Gasteiger partial charge in [-0.15, -0.1) is 0 Å². The minimum atomic E-state index is 0.427. The number of piperidine rings is 1. The van der Waals surface area contributed by atoms with Crippen molar-refractivity contribution in [2.24, 2.45) is 4.99 Å². The van der Waals surface area contributed by atoms with Crippen molar-refractivity contribution in [3.63, 3.8) is 0 Å². The Balaban J connectivity index is 1.38. The third kappa shape index (κ3) is 4.34. The molecule has 3 aromatic rings. The average Bonchev–Trinajstić information content (AvgIpc) is 2.86. The van der Waals surface area contributed by atoms with Crippen molar-refractivity contribution < 1.29 is 9.53 Å². The summed E-state index contributed by atoms with van der Waals surface area (Å²) in [4.78, 5) is 28.7. The van der Waals surface area contributed by atoms with Crippen molar-refractivity contribution in [2.45, 2.75) is 19.3 Å². The van der Waals surface area contributed by atoms with E-state index in [0.717, 1.165) is 46.9 Å². The highest BCUT2D eigenvalue weighted by Gasteiger charge is 2.25. The van der Waals surface area contributed by atoms with Gasteiger partial charge in [0.05, 0.1) is 11.2 Å². The second kappa shape index (κ2) is 9.35. The number of rotatable bonds is 5. The first-order chi connectivity index (χ1) is 16.6. The van der Waals surface area contributed by atoms with Crippen LogP contribution in [0, 0.1) is 0 Å². The van der Waals surface area contributed by atoms with Crippen molar-refractivity contribution >= 4 is 34.7 Å². The number of guanidine groups is 1. The summed E-state index contributed by atoms with van der Waals surface area (Å²) in [6.45, 7) is 6.39. The number of anilines is 1. The maximum absolute atomic E-state index is 10.6. The van der Waals surface area contributed by atoms with Gasteiger partial charge in [-0.3, -0.25) is 4.79 Å². The zero-order valence-electron chi connectivity index (χ0n) is 19.1. The van der Waals surface area contributed by atoms with Gasteiger partial charge in [0.1, 0.15) is 17.3 Å². The van der Waals surface area contributed by atoms with Gasteiger partial charge in [0.2, 0.25) is 12.4 Å². The number of hydrogen-bond acceptors (Lipinski definition) is 7. The topological polar surface area (TPSA) is 82.9 Å². The predicted molar refractivity (Wildman–Crippen MR) is 133 cm³/mol. The molecule has 0 spiro atoms. The zero-order valence-corrected chi connectivity index (χ0v) is 19.1. The third-order valence-electron chi connectivity index (χ3n) is 6.07. The largest absolute Gasteiger partial charge is 0.457 e. The number of nitrogens with zero attached hydrogens (tertiary/aromatic N) is 5. The third-order valence-corrected chi connectivity index (χ3v) is 6.07. The van der Waals surface area contributed by atoms with Gasteiger partial charge in [-0.25, -0.2) is 15.0 Å². The molecule has 0 atom stereocenters. The fourth-order valence-corrected chi connectivity index (χ4v) is 4.25. The van der Waals surface area contributed by atoms with E-state index in [1.807, 2.05) is 43.6 Å². The zero-order chi connectivity index (χ0) is 23.5. The number of carbonyl (C=O) groups excluding carboxylic acids is 1. The lowest BCUT2D eigenvalue weighted by Crippen LogP contribution is -2.45. The summed E-state index contributed by atoms with van der Waals surface area (Å²) < 4.78 is 5.94. The highest BCUT2D eigenvalue weighted by Crippen LogP contribution is 2.31. The summed E-state index contributed by atoms with van der Waals surface area (Å²) in [5.41, 5.74) is 3.49. The Bertz CT molecular complexity index is 1310. The van der Waals surface area contributed by atoms with Crippen LogP contribution in [-0.2, 0) is 4.79 Å². The molecule has 172 valence electrons. The molecule has 0 bridgehead atoms. The standard InChI is InChI=1S/C26H26N6O2/c1-18-22(16-28-26(31(18)2)32-12-4-3-5-13-32)24-8-6-19-14-20(7-9-23(19)30-24)34-21-10-11-27-25(15-21)29-17-33/h6-11,14-17H,1,3-5,12-13H2,2H3,(H,27,29,33). The van der Waals surface area contributed by atoms with E-state index in [2.05, 4.69) is 26.7 Å². The van der Waals surface area contributed by atoms with Crippen LogP contribution in [-0.4, -0.2) is 52.3 Å². The SMILES string of the molecule is C=C1C(c2ccc3cc(Oc4ccnc(NC=O)c4)ccc3n2)=CN=C(N2CCCCC2)N1C. The molecule has 0 radical (unpaired) electrons. The molecule has 5 rings (SSSR count). The van der Waals surface area contributed by atoms with Gasteiger partial charge in [-0.1, -0.05) is 12.6 Å². The summed E-state index contributed by atoms with van der Waals surface area (Å²) in [6, 6.07) is 13.1. The number of fused-ring (bicyclic) bond motifs is 1. The fourth-order valence-electron chi connectivity index (χ4n) is 4.25. The molecule has 2 aromatic heterocycles. The molecule has 2 aliphatic rings. The minimum Gasteiger partial charge on any atom is -0.457 e. The number of ether oxygens (including phenoxy) is 1. The first-order valence-electron chi connectivity index (χ1n) is 11.3. The molecule has 1 amide bonds. The number of aromatic nitrogens is 2. The van der Waals surface area contributed by atoms with E-state index in [9.17, 15) is 4.79 Å². The number of likely N-dealkylation sites (N-methyl/N-ethyl adjacent to an activating group) is 1. The van der Waals surface area contributed by atoms with Crippen molar-refractivity contribution in [2.75, 3.05) is 25.5 Å². The number of hydrogen-bond donors (Lipinski definition) is 1. The lowest BCUT2D eigenvalue weighted by molar-refractivity contribution is -0.105.